The largest absolute Gasteiger partial charge is 0.336 e. The molecule has 2 aromatic heterocycles. The van der Waals surface area contributed by atoms with Crippen molar-refractivity contribution in [2.75, 3.05) is 6.54 Å². The molecule has 0 aliphatic carbocycles. The van der Waals surface area contributed by atoms with Gasteiger partial charge in [-0.3, -0.25) is 4.68 Å². The predicted octanol–water partition coefficient (Wildman–Crippen LogP) is 3.25. The lowest BCUT2D eigenvalue weighted by molar-refractivity contribution is 0.240. The molecule has 2 heterocycles. The average molecular weight is 344 g/mol. The number of halogens is 1. The predicted molar refractivity (Wildman–Crippen MR) is 92.2 cm³/mol. The molecule has 24 heavy (non-hydrogen) atoms. The van der Waals surface area contributed by atoms with Crippen molar-refractivity contribution in [3.63, 3.8) is 0 Å². The summed E-state index contributed by atoms with van der Waals surface area (Å²) in [6.07, 6.45) is 1.90. The zero-order chi connectivity index (χ0) is 16.8. The summed E-state index contributed by atoms with van der Waals surface area (Å²) in [6.45, 7) is 1.42. The van der Waals surface area contributed by atoms with E-state index in [1.807, 2.05) is 29.8 Å². The van der Waals surface area contributed by atoms with Crippen LogP contribution in [0.3, 0.4) is 0 Å². The summed E-state index contributed by atoms with van der Waals surface area (Å²) >= 11 is 1.64. The zero-order valence-electron chi connectivity index (χ0n) is 12.9. The van der Waals surface area contributed by atoms with E-state index in [4.69, 9.17) is 0 Å². The maximum absolute atomic E-state index is 12.8. The summed E-state index contributed by atoms with van der Waals surface area (Å²) in [5.74, 6) is -0.288. The molecule has 0 radical (unpaired) electrons. The highest BCUT2D eigenvalue weighted by Crippen LogP contribution is 2.22. The van der Waals surface area contributed by atoms with Crippen molar-refractivity contribution >= 4 is 17.4 Å². The highest BCUT2D eigenvalue weighted by Gasteiger charge is 2.04. The summed E-state index contributed by atoms with van der Waals surface area (Å²) in [6, 6.07) is 11.8. The van der Waals surface area contributed by atoms with Crippen LogP contribution < -0.4 is 10.6 Å². The van der Waals surface area contributed by atoms with Crippen molar-refractivity contribution in [2.45, 2.75) is 13.1 Å². The number of nitrogens with zero attached hydrogens (tertiary/aromatic N) is 2. The third kappa shape index (κ3) is 4.42. The lowest BCUT2D eigenvalue weighted by atomic mass is 10.2. The molecule has 0 aliphatic rings. The van der Waals surface area contributed by atoms with E-state index in [-0.39, 0.29) is 11.8 Å². The molecule has 124 valence electrons. The van der Waals surface area contributed by atoms with Gasteiger partial charge in [0.15, 0.2) is 0 Å². The maximum atomic E-state index is 12.8. The highest BCUT2D eigenvalue weighted by atomic mass is 32.1. The normalized spacial score (nSPS) is 10.5. The molecule has 0 bridgehead atoms. The molecule has 0 aliphatic heterocycles. The number of nitrogens with one attached hydrogen (secondary N) is 2. The van der Waals surface area contributed by atoms with Gasteiger partial charge in [0.2, 0.25) is 0 Å². The van der Waals surface area contributed by atoms with E-state index >= 15 is 0 Å². The fourth-order valence-corrected chi connectivity index (χ4v) is 2.86. The number of benzene rings is 1. The van der Waals surface area contributed by atoms with E-state index in [9.17, 15) is 9.18 Å². The van der Waals surface area contributed by atoms with E-state index < -0.39 is 0 Å². The number of amides is 2. The van der Waals surface area contributed by atoms with E-state index in [1.54, 1.807) is 28.2 Å². The molecule has 2 amide bonds. The van der Waals surface area contributed by atoms with Gasteiger partial charge in [0.25, 0.3) is 0 Å². The minimum Gasteiger partial charge on any atom is -0.336 e. The monoisotopic (exact) mass is 344 g/mol. The van der Waals surface area contributed by atoms with Crippen LogP contribution in [-0.2, 0) is 13.1 Å². The van der Waals surface area contributed by atoms with Gasteiger partial charge in [-0.1, -0.05) is 18.2 Å². The Labute approximate surface area is 143 Å². The molecule has 0 saturated carbocycles. The Kier molecular flexibility index (Phi) is 5.22. The van der Waals surface area contributed by atoms with Crippen LogP contribution in [0.4, 0.5) is 9.18 Å². The third-order valence-electron chi connectivity index (χ3n) is 3.41. The van der Waals surface area contributed by atoms with Crippen molar-refractivity contribution in [3.8, 4) is 10.6 Å². The summed E-state index contributed by atoms with van der Waals surface area (Å²) in [5, 5.41) is 12.0. The van der Waals surface area contributed by atoms with Gasteiger partial charge in [0.1, 0.15) is 11.5 Å². The standard InChI is InChI=1S/C17H17FN4OS/c18-14-5-3-13(4-6-14)12-20-17(23)19-8-10-22-9-7-15(21-22)16-2-1-11-24-16/h1-7,9,11H,8,10,12H2,(H2,19,20,23). The van der Waals surface area contributed by atoms with Gasteiger partial charge in [-0.25, -0.2) is 9.18 Å². The first-order chi connectivity index (χ1) is 11.7. The van der Waals surface area contributed by atoms with Crippen LogP contribution >= 0.6 is 11.3 Å². The summed E-state index contributed by atoms with van der Waals surface area (Å²) in [7, 11) is 0. The van der Waals surface area contributed by atoms with Crippen LogP contribution in [-0.4, -0.2) is 22.4 Å². The SMILES string of the molecule is O=C(NCCn1ccc(-c2cccs2)n1)NCc1ccc(F)cc1. The van der Waals surface area contributed by atoms with Gasteiger partial charge >= 0.3 is 6.03 Å². The van der Waals surface area contributed by atoms with Crippen molar-refractivity contribution in [3.05, 3.63) is 65.4 Å². The summed E-state index contributed by atoms with van der Waals surface area (Å²) in [4.78, 5) is 12.9. The number of hydrogen-bond donors (Lipinski definition) is 2. The summed E-state index contributed by atoms with van der Waals surface area (Å²) < 4.78 is 14.6. The van der Waals surface area contributed by atoms with Crippen LogP contribution in [0.1, 0.15) is 5.56 Å². The van der Waals surface area contributed by atoms with Gasteiger partial charge in [0.05, 0.1) is 11.4 Å². The topological polar surface area (TPSA) is 59.0 Å². The molecule has 5 nitrogen and oxygen atoms in total. The smallest absolute Gasteiger partial charge is 0.315 e. The highest BCUT2D eigenvalue weighted by molar-refractivity contribution is 7.13. The molecule has 0 spiro atoms. The van der Waals surface area contributed by atoms with Gasteiger partial charge in [-0.05, 0) is 35.2 Å². The Balaban J connectivity index is 1.40. The Bertz CT molecular complexity index is 783. The second kappa shape index (κ2) is 7.74. The number of rotatable bonds is 6. The number of thiophene rings is 1. The number of carbonyl (C=O) groups excluding carboxylic acids is 1. The first-order valence-corrected chi connectivity index (χ1v) is 8.42. The fourth-order valence-electron chi connectivity index (χ4n) is 2.17. The van der Waals surface area contributed by atoms with Crippen molar-refractivity contribution in [1.82, 2.24) is 20.4 Å². The van der Waals surface area contributed by atoms with E-state index in [0.29, 0.717) is 19.6 Å². The third-order valence-corrected chi connectivity index (χ3v) is 4.30. The maximum Gasteiger partial charge on any atom is 0.315 e. The first kappa shape index (κ1) is 16.2. The Morgan fingerprint density at radius 1 is 1.17 bits per heavy atom. The molecule has 0 unspecified atom stereocenters. The second-order valence-electron chi connectivity index (χ2n) is 5.18. The molecule has 1 aromatic carbocycles. The van der Waals surface area contributed by atoms with Crippen LogP contribution in [0.5, 0.6) is 0 Å². The molecular formula is C17H17FN4OS. The van der Waals surface area contributed by atoms with E-state index in [1.165, 1.54) is 12.1 Å². The summed E-state index contributed by atoms with van der Waals surface area (Å²) in [5.41, 5.74) is 1.78. The zero-order valence-corrected chi connectivity index (χ0v) is 13.7. The molecule has 3 rings (SSSR count). The number of hydrogen-bond acceptors (Lipinski definition) is 3. The molecule has 0 atom stereocenters. The molecule has 2 N–H and O–H groups in total. The Morgan fingerprint density at radius 3 is 2.75 bits per heavy atom. The van der Waals surface area contributed by atoms with Crippen LogP contribution in [0.15, 0.2) is 54.0 Å². The fraction of sp³-hybridized carbons (Fsp3) is 0.176. The minimum atomic E-state index is -0.288. The number of carbonyl (C=O) groups is 1. The minimum absolute atomic E-state index is 0.259. The van der Waals surface area contributed by atoms with Crippen LogP contribution in [0, 0.1) is 5.82 Å². The molecule has 3 aromatic rings. The molecule has 0 fully saturated rings. The Morgan fingerprint density at radius 2 is 2.00 bits per heavy atom. The van der Waals surface area contributed by atoms with Crippen molar-refractivity contribution in [1.29, 1.82) is 0 Å². The number of aromatic nitrogens is 2. The van der Waals surface area contributed by atoms with Gasteiger partial charge in [-0.2, -0.15) is 5.10 Å². The van der Waals surface area contributed by atoms with Gasteiger partial charge < -0.3 is 10.6 Å². The Hall–Kier alpha value is -2.67. The van der Waals surface area contributed by atoms with E-state index in [0.717, 1.165) is 16.1 Å². The van der Waals surface area contributed by atoms with Gasteiger partial charge in [0, 0.05) is 19.3 Å². The average Bonchev–Trinajstić information content (AvgIpc) is 3.25. The molecule has 0 saturated heterocycles. The molecule has 7 heteroatoms. The van der Waals surface area contributed by atoms with E-state index in [2.05, 4.69) is 15.7 Å². The first-order valence-electron chi connectivity index (χ1n) is 7.54. The number of urea groups is 1. The van der Waals surface area contributed by atoms with Crippen molar-refractivity contribution < 1.29 is 9.18 Å². The molecular weight excluding hydrogens is 327 g/mol. The quantitative estimate of drug-likeness (QED) is 0.721. The van der Waals surface area contributed by atoms with Crippen molar-refractivity contribution in [2.24, 2.45) is 0 Å². The van der Waals surface area contributed by atoms with Gasteiger partial charge in [-0.15, -0.1) is 11.3 Å². The van der Waals surface area contributed by atoms with Crippen LogP contribution in [0.25, 0.3) is 10.6 Å². The second-order valence-corrected chi connectivity index (χ2v) is 6.12. The lowest BCUT2D eigenvalue weighted by Gasteiger charge is -2.08. The lowest BCUT2D eigenvalue weighted by Crippen LogP contribution is -2.36. The van der Waals surface area contributed by atoms with Crippen LogP contribution in [0.2, 0.25) is 0 Å².